The number of para-hydroxylation sites is 1. The molecule has 1 amide bonds. The first-order chi connectivity index (χ1) is 8.02. The number of nitrogens with one attached hydrogen (secondary N) is 1. The van der Waals surface area contributed by atoms with Gasteiger partial charge in [-0.1, -0.05) is 18.2 Å². The Bertz CT molecular complexity index is 392. The molecule has 17 heavy (non-hydrogen) atoms. The average molecular weight is 236 g/mol. The maximum atomic E-state index is 11.7. The van der Waals surface area contributed by atoms with Crippen LogP contribution in [0.2, 0.25) is 0 Å². The third kappa shape index (κ3) is 3.88. The zero-order valence-electron chi connectivity index (χ0n) is 9.88. The monoisotopic (exact) mass is 236 g/mol. The van der Waals surface area contributed by atoms with E-state index in [-0.39, 0.29) is 12.5 Å². The van der Waals surface area contributed by atoms with Gasteiger partial charge < -0.3 is 10.0 Å². The number of carboxylic acids is 1. The summed E-state index contributed by atoms with van der Waals surface area (Å²) >= 11 is 0. The van der Waals surface area contributed by atoms with Crippen LogP contribution < -0.4 is 10.2 Å². The van der Waals surface area contributed by atoms with Gasteiger partial charge in [0.05, 0.1) is 6.54 Å². The highest BCUT2D eigenvalue weighted by atomic mass is 16.4. The highest BCUT2D eigenvalue weighted by Gasteiger charge is 2.14. The molecule has 0 aliphatic heterocycles. The van der Waals surface area contributed by atoms with Gasteiger partial charge in [-0.15, -0.1) is 0 Å². The van der Waals surface area contributed by atoms with Gasteiger partial charge in [-0.2, -0.15) is 0 Å². The Morgan fingerprint density at radius 1 is 1.35 bits per heavy atom. The van der Waals surface area contributed by atoms with E-state index in [1.54, 1.807) is 7.05 Å². The summed E-state index contributed by atoms with van der Waals surface area (Å²) in [6.07, 6.45) is 0. The molecule has 5 heteroatoms. The molecular formula is C12H16N2O3. The highest BCUT2D eigenvalue weighted by Crippen LogP contribution is 2.10. The van der Waals surface area contributed by atoms with Crippen molar-refractivity contribution >= 4 is 17.6 Å². The molecule has 0 bridgehead atoms. The summed E-state index contributed by atoms with van der Waals surface area (Å²) in [7, 11) is 1.66. The number of nitrogens with zero attached hydrogens (tertiary/aromatic N) is 1. The van der Waals surface area contributed by atoms with Gasteiger partial charge in [0.15, 0.2) is 0 Å². The van der Waals surface area contributed by atoms with Crippen LogP contribution in [0.3, 0.4) is 0 Å². The quantitative estimate of drug-likeness (QED) is 0.790. The van der Waals surface area contributed by atoms with Crippen LogP contribution in [0.1, 0.15) is 6.92 Å². The molecule has 1 rings (SSSR count). The number of likely N-dealkylation sites (N-methyl/N-ethyl adjacent to an activating group) is 1. The average Bonchev–Trinajstić information content (AvgIpc) is 2.35. The van der Waals surface area contributed by atoms with Crippen LogP contribution in [0.5, 0.6) is 0 Å². The lowest BCUT2D eigenvalue weighted by Crippen LogP contribution is -2.42. The van der Waals surface area contributed by atoms with E-state index in [9.17, 15) is 9.59 Å². The van der Waals surface area contributed by atoms with Crippen LogP contribution in [-0.4, -0.2) is 36.6 Å². The predicted molar refractivity (Wildman–Crippen MR) is 65.0 cm³/mol. The molecule has 0 saturated heterocycles. The summed E-state index contributed by atoms with van der Waals surface area (Å²) in [6.45, 7) is 1.50. The number of benzene rings is 1. The number of carboxylic acid groups (broad SMARTS) is 1. The van der Waals surface area contributed by atoms with Gasteiger partial charge >= 0.3 is 5.97 Å². The van der Waals surface area contributed by atoms with E-state index in [4.69, 9.17) is 5.11 Å². The lowest BCUT2D eigenvalue weighted by molar-refractivity contribution is -0.139. The zero-order chi connectivity index (χ0) is 12.8. The fourth-order valence-electron chi connectivity index (χ4n) is 1.24. The molecule has 0 unspecified atom stereocenters. The molecule has 92 valence electrons. The van der Waals surface area contributed by atoms with Crippen LogP contribution in [0, 0.1) is 0 Å². The molecule has 2 N–H and O–H groups in total. The van der Waals surface area contributed by atoms with Gasteiger partial charge in [0, 0.05) is 12.7 Å². The minimum atomic E-state index is -0.972. The van der Waals surface area contributed by atoms with Crippen LogP contribution in [0.25, 0.3) is 0 Å². The third-order valence-corrected chi connectivity index (χ3v) is 2.45. The Labute approximate surface area is 100 Å². The van der Waals surface area contributed by atoms with Crippen molar-refractivity contribution in [1.82, 2.24) is 5.32 Å². The van der Waals surface area contributed by atoms with Gasteiger partial charge in [-0.25, -0.2) is 0 Å². The van der Waals surface area contributed by atoms with Crippen molar-refractivity contribution in [3.05, 3.63) is 30.3 Å². The first kappa shape index (κ1) is 13.2. The molecule has 0 radical (unpaired) electrons. The Balaban J connectivity index is 2.51. The number of anilines is 1. The maximum absolute atomic E-state index is 11.7. The summed E-state index contributed by atoms with van der Waals surface area (Å²) < 4.78 is 0. The number of hydrogen-bond acceptors (Lipinski definition) is 3. The lowest BCUT2D eigenvalue weighted by atomic mass is 10.3. The Kier molecular flexibility index (Phi) is 4.66. The number of amides is 1. The fourth-order valence-corrected chi connectivity index (χ4v) is 1.24. The summed E-state index contributed by atoms with van der Waals surface area (Å²) in [5.74, 6) is -1.15. The molecular weight excluding hydrogens is 220 g/mol. The van der Waals surface area contributed by atoms with E-state index < -0.39 is 12.0 Å². The second kappa shape index (κ2) is 6.00. The van der Waals surface area contributed by atoms with E-state index in [0.717, 1.165) is 5.69 Å². The molecule has 0 saturated carbocycles. The van der Waals surface area contributed by atoms with Crippen molar-refractivity contribution in [2.45, 2.75) is 13.0 Å². The number of carbonyl (C=O) groups is 2. The number of aliphatic carboxylic acids is 1. The lowest BCUT2D eigenvalue weighted by Gasteiger charge is -2.18. The number of carbonyl (C=O) groups excluding carboxylic acids is 1. The molecule has 1 aromatic rings. The van der Waals surface area contributed by atoms with Gasteiger partial charge in [0.2, 0.25) is 5.91 Å². The van der Waals surface area contributed by atoms with E-state index in [1.807, 2.05) is 30.3 Å². The normalized spacial score (nSPS) is 11.9. The summed E-state index contributed by atoms with van der Waals surface area (Å²) in [5.41, 5.74) is 0.780. The maximum Gasteiger partial charge on any atom is 0.320 e. The largest absolute Gasteiger partial charge is 0.480 e. The van der Waals surface area contributed by atoms with E-state index in [2.05, 4.69) is 5.32 Å². The van der Waals surface area contributed by atoms with Crippen molar-refractivity contribution in [2.75, 3.05) is 18.5 Å². The zero-order valence-corrected chi connectivity index (χ0v) is 9.88. The molecule has 0 aliphatic carbocycles. The smallest absolute Gasteiger partial charge is 0.320 e. The van der Waals surface area contributed by atoms with Crippen LogP contribution in [0.4, 0.5) is 5.69 Å². The molecule has 5 nitrogen and oxygen atoms in total. The Morgan fingerprint density at radius 3 is 2.47 bits per heavy atom. The minimum Gasteiger partial charge on any atom is -0.480 e. The molecule has 0 aliphatic rings. The highest BCUT2D eigenvalue weighted by molar-refractivity contribution is 5.94. The number of rotatable bonds is 5. The fraction of sp³-hybridized carbons (Fsp3) is 0.333. The van der Waals surface area contributed by atoms with Gasteiger partial charge in [-0.05, 0) is 19.1 Å². The predicted octanol–water partition coefficient (Wildman–Crippen LogP) is 0.712. The van der Waals surface area contributed by atoms with Crippen molar-refractivity contribution in [3.63, 3.8) is 0 Å². The van der Waals surface area contributed by atoms with Crippen LogP contribution >= 0.6 is 0 Å². The first-order valence-electron chi connectivity index (χ1n) is 5.30. The summed E-state index contributed by atoms with van der Waals surface area (Å²) in [6, 6.07) is 8.45. The Hall–Kier alpha value is -1.88. The molecule has 0 fully saturated rings. The molecule has 1 aromatic carbocycles. The van der Waals surface area contributed by atoms with Gasteiger partial charge in [0.1, 0.15) is 6.04 Å². The number of hydrogen-bond donors (Lipinski definition) is 2. The first-order valence-corrected chi connectivity index (χ1v) is 5.30. The van der Waals surface area contributed by atoms with Gasteiger partial charge in [0.25, 0.3) is 0 Å². The molecule has 1 atom stereocenters. The topological polar surface area (TPSA) is 69.6 Å². The molecule has 0 aromatic heterocycles. The van der Waals surface area contributed by atoms with Gasteiger partial charge in [-0.3, -0.25) is 14.9 Å². The molecule has 0 heterocycles. The van der Waals surface area contributed by atoms with Crippen LogP contribution in [0.15, 0.2) is 30.3 Å². The van der Waals surface area contributed by atoms with Crippen LogP contribution in [-0.2, 0) is 9.59 Å². The third-order valence-electron chi connectivity index (χ3n) is 2.45. The second-order valence-electron chi connectivity index (χ2n) is 3.73. The standard InChI is InChI=1S/C12H16N2O3/c1-9(12(16)17)13-8-11(15)14(2)10-6-4-3-5-7-10/h3-7,9,13H,8H2,1-2H3,(H,16,17)/t9-/m1/s1. The van der Waals surface area contributed by atoms with E-state index >= 15 is 0 Å². The van der Waals surface area contributed by atoms with Crippen molar-refractivity contribution in [1.29, 1.82) is 0 Å². The van der Waals surface area contributed by atoms with E-state index in [0.29, 0.717) is 0 Å². The summed E-state index contributed by atoms with van der Waals surface area (Å²) in [4.78, 5) is 23.8. The second-order valence-corrected chi connectivity index (χ2v) is 3.73. The van der Waals surface area contributed by atoms with E-state index in [1.165, 1.54) is 11.8 Å². The SMILES string of the molecule is C[C@@H](NCC(=O)N(C)c1ccccc1)C(=O)O. The van der Waals surface area contributed by atoms with Crippen molar-refractivity contribution in [2.24, 2.45) is 0 Å². The van der Waals surface area contributed by atoms with Crippen molar-refractivity contribution in [3.8, 4) is 0 Å². The van der Waals surface area contributed by atoms with Crippen molar-refractivity contribution < 1.29 is 14.7 Å². The molecule has 0 spiro atoms. The summed E-state index contributed by atoms with van der Waals surface area (Å²) in [5, 5.41) is 11.3. The Morgan fingerprint density at radius 2 is 1.94 bits per heavy atom. The minimum absolute atomic E-state index is 0.00113.